The van der Waals surface area contributed by atoms with Crippen molar-refractivity contribution in [1.82, 2.24) is 0 Å². The molecule has 0 aromatic heterocycles. The van der Waals surface area contributed by atoms with Crippen LogP contribution in [0.3, 0.4) is 0 Å². The third kappa shape index (κ3) is 6.29. The van der Waals surface area contributed by atoms with E-state index >= 15 is 0 Å². The van der Waals surface area contributed by atoms with Gasteiger partial charge in [0.2, 0.25) is 5.91 Å². The summed E-state index contributed by atoms with van der Waals surface area (Å²) in [5.41, 5.74) is 6.67. The lowest BCUT2D eigenvalue weighted by molar-refractivity contribution is -0.119. The predicted octanol–water partition coefficient (Wildman–Crippen LogP) is 8.25. The van der Waals surface area contributed by atoms with Crippen LogP contribution in [0.25, 0.3) is 0 Å². The van der Waals surface area contributed by atoms with Crippen LogP contribution in [0.4, 0.5) is 11.4 Å². The summed E-state index contributed by atoms with van der Waals surface area (Å²) in [4.78, 5) is 42.3. The Labute approximate surface area is 255 Å². The van der Waals surface area contributed by atoms with Gasteiger partial charge in [-0.25, -0.2) is 4.79 Å². The first-order chi connectivity index (χ1) is 20.6. The van der Waals surface area contributed by atoms with Crippen molar-refractivity contribution in [2.45, 2.75) is 83.6 Å². The van der Waals surface area contributed by atoms with Crippen molar-refractivity contribution in [3.8, 4) is 0 Å². The van der Waals surface area contributed by atoms with E-state index in [-0.39, 0.29) is 23.0 Å². The van der Waals surface area contributed by atoms with Gasteiger partial charge in [-0.3, -0.25) is 14.5 Å². The number of Topliss-reactive ketones (excluding diaryl/α,β-unsaturated/α-hetero) is 1. The highest BCUT2D eigenvalue weighted by Crippen LogP contribution is 2.47. The van der Waals surface area contributed by atoms with Crippen LogP contribution >= 0.6 is 0 Å². The summed E-state index contributed by atoms with van der Waals surface area (Å²) in [6.45, 7) is 8.71. The van der Waals surface area contributed by atoms with Gasteiger partial charge in [-0.1, -0.05) is 89.1 Å². The molecule has 0 saturated heterocycles. The van der Waals surface area contributed by atoms with E-state index in [1.54, 1.807) is 12.1 Å². The van der Waals surface area contributed by atoms with E-state index in [4.69, 9.17) is 4.74 Å². The number of esters is 1. The minimum absolute atomic E-state index is 0.0220. The maximum atomic E-state index is 14.3. The second-order valence-electron chi connectivity index (χ2n) is 12.7. The number of ether oxygens (including phenoxy) is 1. The van der Waals surface area contributed by atoms with Gasteiger partial charge >= 0.3 is 5.97 Å². The normalized spacial score (nSPS) is 18.3. The fourth-order valence-corrected chi connectivity index (χ4v) is 6.24. The van der Waals surface area contributed by atoms with Crippen molar-refractivity contribution in [3.63, 3.8) is 0 Å². The summed E-state index contributed by atoms with van der Waals surface area (Å²) < 4.78 is 4.91. The Kier molecular flexibility index (Phi) is 8.86. The predicted molar refractivity (Wildman–Crippen MR) is 171 cm³/mol. The first-order valence-corrected chi connectivity index (χ1v) is 15.4. The molecule has 2 aliphatic rings. The van der Waals surface area contributed by atoms with E-state index in [0.717, 1.165) is 47.5 Å². The van der Waals surface area contributed by atoms with Crippen LogP contribution in [0.5, 0.6) is 0 Å². The van der Waals surface area contributed by atoms with E-state index in [2.05, 4.69) is 57.3 Å². The molecule has 1 aliphatic carbocycles. The molecule has 0 radical (unpaired) electrons. The monoisotopic (exact) mass is 578 g/mol. The molecular formula is C37H42N2O4. The first kappa shape index (κ1) is 30.3. The topological polar surface area (TPSA) is 75.7 Å². The number of anilines is 2. The van der Waals surface area contributed by atoms with Crippen molar-refractivity contribution < 1.29 is 19.1 Å². The van der Waals surface area contributed by atoms with Gasteiger partial charge in [0.05, 0.1) is 30.1 Å². The minimum Gasteiger partial charge on any atom is -0.465 e. The number of rotatable bonds is 7. The molecule has 0 saturated carbocycles. The summed E-state index contributed by atoms with van der Waals surface area (Å²) in [6, 6.07) is 22.9. The fraction of sp³-hybridized carbons (Fsp3) is 0.378. The lowest BCUT2D eigenvalue weighted by Crippen LogP contribution is -2.38. The molecule has 1 heterocycles. The van der Waals surface area contributed by atoms with Crippen LogP contribution in [0.1, 0.15) is 105 Å². The van der Waals surface area contributed by atoms with E-state index in [9.17, 15) is 14.4 Å². The number of hydrogen-bond donors (Lipinski definition) is 1. The number of allylic oxidation sites excluding steroid dienone is 1. The number of hydrogen-bond acceptors (Lipinski definition) is 5. The second-order valence-corrected chi connectivity index (χ2v) is 12.7. The SMILES string of the molecule is CCCCCC(=O)N1c2ccccc2NC2=C(C(=O)C[C@H](c3ccc(C(C)(C)C)cc3)C2)[C@H]1c1ccc(C(=O)OC)cc1. The summed E-state index contributed by atoms with van der Waals surface area (Å²) in [6.07, 6.45) is 4.15. The van der Waals surface area contributed by atoms with Crippen LogP contribution in [0.2, 0.25) is 0 Å². The molecule has 1 N–H and O–H groups in total. The first-order valence-electron chi connectivity index (χ1n) is 15.4. The molecule has 5 rings (SSSR count). The molecule has 2 atom stereocenters. The number of methoxy groups -OCH3 is 1. The highest BCUT2D eigenvalue weighted by atomic mass is 16.5. The number of nitrogens with zero attached hydrogens (tertiary/aromatic N) is 1. The quantitative estimate of drug-likeness (QED) is 0.226. The number of carbonyl (C=O) groups is 3. The van der Waals surface area contributed by atoms with Gasteiger partial charge in [0, 0.05) is 24.1 Å². The largest absolute Gasteiger partial charge is 0.465 e. The molecule has 1 aliphatic heterocycles. The molecule has 1 amide bonds. The van der Waals surface area contributed by atoms with Crippen molar-refractivity contribution in [2.75, 3.05) is 17.3 Å². The van der Waals surface area contributed by atoms with Gasteiger partial charge in [-0.15, -0.1) is 0 Å². The second kappa shape index (κ2) is 12.6. The van der Waals surface area contributed by atoms with Gasteiger partial charge in [-0.05, 0) is 65.1 Å². The Morgan fingerprint density at radius 2 is 1.58 bits per heavy atom. The number of para-hydroxylation sites is 2. The third-order valence-corrected chi connectivity index (χ3v) is 8.65. The lowest BCUT2D eigenvalue weighted by Gasteiger charge is -2.35. The maximum absolute atomic E-state index is 14.3. The van der Waals surface area contributed by atoms with Gasteiger partial charge in [0.15, 0.2) is 5.78 Å². The number of nitrogens with one attached hydrogen (secondary N) is 1. The Bertz CT molecular complexity index is 1530. The summed E-state index contributed by atoms with van der Waals surface area (Å²) in [7, 11) is 1.35. The number of amides is 1. The zero-order valence-electron chi connectivity index (χ0n) is 25.9. The fourth-order valence-electron chi connectivity index (χ4n) is 6.24. The minimum atomic E-state index is -0.622. The van der Waals surface area contributed by atoms with Crippen LogP contribution in [-0.2, 0) is 19.7 Å². The highest BCUT2D eigenvalue weighted by Gasteiger charge is 2.41. The Morgan fingerprint density at radius 3 is 2.23 bits per heavy atom. The molecule has 43 heavy (non-hydrogen) atoms. The molecule has 224 valence electrons. The third-order valence-electron chi connectivity index (χ3n) is 8.65. The molecule has 0 bridgehead atoms. The van der Waals surface area contributed by atoms with Gasteiger partial charge in [0.1, 0.15) is 0 Å². The zero-order valence-corrected chi connectivity index (χ0v) is 25.9. The summed E-state index contributed by atoms with van der Waals surface area (Å²) >= 11 is 0. The number of unbranched alkanes of at least 4 members (excludes halogenated alkanes) is 2. The number of carbonyl (C=O) groups excluding carboxylic acids is 3. The van der Waals surface area contributed by atoms with Gasteiger partial charge < -0.3 is 10.1 Å². The number of benzene rings is 3. The van der Waals surface area contributed by atoms with E-state index in [1.165, 1.54) is 12.7 Å². The molecule has 3 aromatic carbocycles. The smallest absolute Gasteiger partial charge is 0.337 e. The number of ketones is 1. The van der Waals surface area contributed by atoms with Crippen molar-refractivity contribution in [2.24, 2.45) is 0 Å². The molecule has 3 aromatic rings. The van der Waals surface area contributed by atoms with Gasteiger partial charge in [0.25, 0.3) is 0 Å². The molecule has 0 fully saturated rings. The number of fused-ring (bicyclic) bond motifs is 1. The van der Waals surface area contributed by atoms with Crippen LogP contribution < -0.4 is 10.2 Å². The summed E-state index contributed by atoms with van der Waals surface area (Å²) in [5, 5.41) is 3.61. The Balaban J connectivity index is 1.62. The Morgan fingerprint density at radius 1 is 0.907 bits per heavy atom. The van der Waals surface area contributed by atoms with E-state index < -0.39 is 12.0 Å². The summed E-state index contributed by atoms with van der Waals surface area (Å²) in [5.74, 6) is -0.402. The van der Waals surface area contributed by atoms with E-state index in [0.29, 0.717) is 30.4 Å². The van der Waals surface area contributed by atoms with Crippen molar-refractivity contribution in [3.05, 3.63) is 106 Å². The standard InChI is InChI=1S/C37H42N2O4/c1-6-7-8-13-33(41)39-31-12-10-9-11-29(31)38-30-22-27(24-18-20-28(21-19-24)37(2,3)4)23-32(40)34(30)35(39)25-14-16-26(17-15-25)36(42)43-5/h9-12,14-21,27,35,38H,6-8,13,22-23H2,1-5H3/t27-,35-/m1/s1. The highest BCUT2D eigenvalue weighted by molar-refractivity contribution is 6.06. The molecule has 6 heteroatoms. The van der Waals surface area contributed by atoms with Crippen LogP contribution in [-0.4, -0.2) is 24.8 Å². The molecular weight excluding hydrogens is 536 g/mol. The average Bonchev–Trinajstić information content (AvgIpc) is 3.15. The molecule has 0 unspecified atom stereocenters. The van der Waals surface area contributed by atoms with Gasteiger partial charge in [-0.2, -0.15) is 0 Å². The van der Waals surface area contributed by atoms with E-state index in [1.807, 2.05) is 41.3 Å². The zero-order chi connectivity index (χ0) is 30.7. The van der Waals surface area contributed by atoms with Crippen LogP contribution in [0.15, 0.2) is 84.1 Å². The maximum Gasteiger partial charge on any atom is 0.337 e. The molecule has 0 spiro atoms. The molecule has 6 nitrogen and oxygen atoms in total. The van der Waals surface area contributed by atoms with Crippen LogP contribution in [0, 0.1) is 0 Å². The van der Waals surface area contributed by atoms with Crippen molar-refractivity contribution >= 4 is 29.0 Å². The average molecular weight is 579 g/mol. The Hall–Kier alpha value is -4.19. The lowest BCUT2D eigenvalue weighted by atomic mass is 9.77. The van der Waals surface area contributed by atoms with Crippen molar-refractivity contribution in [1.29, 1.82) is 0 Å².